The molecule has 1 heterocycles. The monoisotopic (exact) mass is 363 g/mol. The van der Waals surface area contributed by atoms with E-state index in [0.29, 0.717) is 6.61 Å². The zero-order valence-corrected chi connectivity index (χ0v) is 17.2. The Morgan fingerprint density at radius 1 is 0.923 bits per heavy atom. The van der Waals surface area contributed by atoms with E-state index in [2.05, 4.69) is 43.1 Å². The van der Waals surface area contributed by atoms with Gasteiger partial charge in [0.05, 0.1) is 6.61 Å². The highest BCUT2D eigenvalue weighted by molar-refractivity contribution is 5.78. The number of aliphatic hydroxyl groups is 1. The van der Waals surface area contributed by atoms with E-state index in [4.69, 9.17) is 4.74 Å². The quantitative estimate of drug-likeness (QED) is 0.256. The number of hydrogen-bond acceptors (Lipinski definition) is 3. The summed E-state index contributed by atoms with van der Waals surface area (Å²) in [5, 5.41) is 9.44. The third-order valence-electron chi connectivity index (χ3n) is 5.16. The van der Waals surface area contributed by atoms with Crippen molar-refractivity contribution >= 4 is 5.90 Å². The van der Waals surface area contributed by atoms with Crippen molar-refractivity contribution in [2.24, 2.45) is 4.99 Å². The minimum absolute atomic E-state index is 0.0924. The number of rotatable bonds is 16. The van der Waals surface area contributed by atoms with Crippen molar-refractivity contribution in [1.82, 2.24) is 0 Å². The van der Waals surface area contributed by atoms with Crippen LogP contribution in [0.15, 0.2) is 29.3 Å². The van der Waals surface area contributed by atoms with E-state index in [1.165, 1.54) is 57.8 Å². The smallest absolute Gasteiger partial charge is 0.184 e. The Bertz CT molecular complexity index is 422. The van der Waals surface area contributed by atoms with E-state index >= 15 is 0 Å². The van der Waals surface area contributed by atoms with Crippen LogP contribution in [0.1, 0.15) is 97.3 Å². The summed E-state index contributed by atoms with van der Waals surface area (Å²) in [6.45, 7) is 4.95. The first kappa shape index (κ1) is 23.0. The second-order valence-electron chi connectivity index (χ2n) is 7.51. The van der Waals surface area contributed by atoms with E-state index in [1.807, 2.05) is 0 Å². The Hall–Kier alpha value is -1.09. The Morgan fingerprint density at radius 3 is 2.19 bits per heavy atom. The highest BCUT2D eigenvalue weighted by atomic mass is 16.5. The normalized spacial score (nSPS) is 20.2. The average molecular weight is 364 g/mol. The molecule has 0 spiro atoms. The van der Waals surface area contributed by atoms with Crippen LogP contribution < -0.4 is 0 Å². The molecule has 1 aliphatic heterocycles. The van der Waals surface area contributed by atoms with Crippen molar-refractivity contribution in [3.63, 3.8) is 0 Å². The second kappa shape index (κ2) is 15.0. The molecule has 1 atom stereocenters. The van der Waals surface area contributed by atoms with Crippen molar-refractivity contribution in [1.29, 1.82) is 0 Å². The summed E-state index contributed by atoms with van der Waals surface area (Å²) in [6, 6.07) is 0. The lowest BCUT2D eigenvalue weighted by Gasteiger charge is -2.17. The molecule has 3 heteroatoms. The van der Waals surface area contributed by atoms with Gasteiger partial charge in [-0.05, 0) is 44.9 Å². The number of allylic oxidation sites excluding steroid dienone is 4. The van der Waals surface area contributed by atoms with Crippen molar-refractivity contribution < 1.29 is 9.84 Å². The standard InChI is InChI=1S/C23H41NO2/c1-3-5-6-7-8-9-10-11-12-13-14-15-16-17-18-19-22-24-23(4-2,20-25)21-26-22/h8-9,11-12,25H,3-7,10,13-21H2,1-2H3/b9-8+,12-11+. The fourth-order valence-electron chi connectivity index (χ4n) is 3.14. The summed E-state index contributed by atoms with van der Waals surface area (Å²) in [6.07, 6.45) is 24.8. The molecule has 150 valence electrons. The zero-order chi connectivity index (χ0) is 18.9. The van der Waals surface area contributed by atoms with Crippen LogP contribution in [0.3, 0.4) is 0 Å². The maximum atomic E-state index is 9.44. The fraction of sp³-hybridized carbons (Fsp3) is 0.783. The molecular weight excluding hydrogens is 322 g/mol. The lowest BCUT2D eigenvalue weighted by molar-refractivity contribution is 0.153. The lowest BCUT2D eigenvalue weighted by atomic mass is 10.0. The van der Waals surface area contributed by atoms with E-state index in [-0.39, 0.29) is 12.1 Å². The largest absolute Gasteiger partial charge is 0.478 e. The van der Waals surface area contributed by atoms with Crippen LogP contribution >= 0.6 is 0 Å². The summed E-state index contributed by atoms with van der Waals surface area (Å²) < 4.78 is 5.65. The van der Waals surface area contributed by atoms with Gasteiger partial charge in [0.15, 0.2) is 5.90 Å². The molecule has 0 radical (unpaired) electrons. The van der Waals surface area contributed by atoms with E-state index in [9.17, 15) is 5.11 Å². The van der Waals surface area contributed by atoms with E-state index in [0.717, 1.165) is 31.6 Å². The Morgan fingerprint density at radius 2 is 1.58 bits per heavy atom. The Balaban J connectivity index is 1.91. The van der Waals surface area contributed by atoms with Crippen LogP contribution in [0.5, 0.6) is 0 Å². The third kappa shape index (κ3) is 10.2. The van der Waals surface area contributed by atoms with Crippen molar-refractivity contribution in [2.45, 2.75) is 103 Å². The molecule has 1 aliphatic rings. The molecule has 0 saturated heterocycles. The van der Waals surface area contributed by atoms with Gasteiger partial charge in [0.25, 0.3) is 0 Å². The molecular formula is C23H41NO2. The van der Waals surface area contributed by atoms with Crippen molar-refractivity contribution in [2.75, 3.05) is 13.2 Å². The SMILES string of the molecule is CCCCC/C=C/C/C=C/CCCCCCCC1=NC(CC)(CO)CO1. The fourth-order valence-corrected chi connectivity index (χ4v) is 3.14. The summed E-state index contributed by atoms with van der Waals surface area (Å²) in [5.74, 6) is 0.853. The van der Waals surface area contributed by atoms with Gasteiger partial charge in [0.2, 0.25) is 0 Å². The Labute approximate surface area is 161 Å². The van der Waals surface area contributed by atoms with Crippen LogP contribution in [0.25, 0.3) is 0 Å². The zero-order valence-electron chi connectivity index (χ0n) is 17.2. The first-order valence-corrected chi connectivity index (χ1v) is 10.9. The summed E-state index contributed by atoms with van der Waals surface area (Å²) in [5.41, 5.74) is -0.355. The number of unbranched alkanes of at least 4 members (excludes halogenated alkanes) is 8. The first-order valence-electron chi connectivity index (χ1n) is 10.9. The average Bonchev–Trinajstić information content (AvgIpc) is 3.09. The molecule has 0 amide bonds. The predicted molar refractivity (Wildman–Crippen MR) is 113 cm³/mol. The molecule has 0 aromatic rings. The van der Waals surface area contributed by atoms with Crippen molar-refractivity contribution in [3.05, 3.63) is 24.3 Å². The molecule has 0 bridgehead atoms. The molecule has 0 aromatic carbocycles. The van der Waals surface area contributed by atoms with Crippen molar-refractivity contribution in [3.8, 4) is 0 Å². The molecule has 0 aliphatic carbocycles. The number of aliphatic imine (C=N–C) groups is 1. The predicted octanol–water partition coefficient (Wildman–Crippen LogP) is 6.37. The Kier molecular flexibility index (Phi) is 13.3. The lowest BCUT2D eigenvalue weighted by Crippen LogP contribution is -2.31. The first-order chi connectivity index (χ1) is 12.8. The molecule has 0 aromatic heterocycles. The third-order valence-corrected chi connectivity index (χ3v) is 5.16. The molecule has 1 N–H and O–H groups in total. The molecule has 1 unspecified atom stereocenters. The second-order valence-corrected chi connectivity index (χ2v) is 7.51. The van der Waals surface area contributed by atoms with Crippen LogP contribution in [0.4, 0.5) is 0 Å². The summed E-state index contributed by atoms with van der Waals surface area (Å²) in [4.78, 5) is 4.59. The highest BCUT2D eigenvalue weighted by Gasteiger charge is 2.33. The van der Waals surface area contributed by atoms with E-state index in [1.54, 1.807) is 0 Å². The minimum atomic E-state index is -0.355. The van der Waals surface area contributed by atoms with Gasteiger partial charge in [-0.1, -0.05) is 70.3 Å². The highest BCUT2D eigenvalue weighted by Crippen LogP contribution is 2.24. The van der Waals surface area contributed by atoms with Gasteiger partial charge in [-0.2, -0.15) is 0 Å². The number of hydrogen-bond donors (Lipinski definition) is 1. The summed E-state index contributed by atoms with van der Waals surface area (Å²) >= 11 is 0. The van der Waals surface area contributed by atoms with Crippen LogP contribution in [0.2, 0.25) is 0 Å². The molecule has 26 heavy (non-hydrogen) atoms. The van der Waals surface area contributed by atoms with Gasteiger partial charge in [-0.3, -0.25) is 0 Å². The number of aliphatic hydroxyl groups excluding tert-OH is 1. The van der Waals surface area contributed by atoms with Gasteiger partial charge in [-0.15, -0.1) is 0 Å². The van der Waals surface area contributed by atoms with Crippen LogP contribution in [0, 0.1) is 0 Å². The molecule has 0 fully saturated rings. The molecule has 1 rings (SSSR count). The van der Waals surface area contributed by atoms with Gasteiger partial charge in [0.1, 0.15) is 12.1 Å². The minimum Gasteiger partial charge on any atom is -0.478 e. The van der Waals surface area contributed by atoms with Gasteiger partial charge in [0, 0.05) is 6.42 Å². The van der Waals surface area contributed by atoms with Gasteiger partial charge < -0.3 is 9.84 Å². The maximum absolute atomic E-state index is 9.44. The number of nitrogens with zero attached hydrogens (tertiary/aromatic N) is 1. The van der Waals surface area contributed by atoms with Gasteiger partial charge in [-0.25, -0.2) is 4.99 Å². The van der Waals surface area contributed by atoms with Crippen LogP contribution in [-0.4, -0.2) is 29.8 Å². The summed E-state index contributed by atoms with van der Waals surface area (Å²) in [7, 11) is 0. The van der Waals surface area contributed by atoms with Crippen LogP contribution in [-0.2, 0) is 4.74 Å². The van der Waals surface area contributed by atoms with E-state index < -0.39 is 0 Å². The molecule has 0 saturated carbocycles. The number of ether oxygens (including phenoxy) is 1. The molecule has 3 nitrogen and oxygen atoms in total. The van der Waals surface area contributed by atoms with Gasteiger partial charge >= 0.3 is 0 Å². The maximum Gasteiger partial charge on any atom is 0.184 e. The topological polar surface area (TPSA) is 41.8 Å².